The quantitative estimate of drug-likeness (QED) is 0.581. The van der Waals surface area contributed by atoms with Crippen molar-refractivity contribution in [3.8, 4) is 0 Å². The average Bonchev–Trinajstić information content (AvgIpc) is 2.43. The summed E-state index contributed by atoms with van der Waals surface area (Å²) in [4.78, 5) is 10.2. The molecule has 0 aromatic carbocycles. The zero-order valence-corrected chi connectivity index (χ0v) is 6.82. The van der Waals surface area contributed by atoms with Gasteiger partial charge in [0.15, 0.2) is 6.23 Å². The number of fused-ring (bicyclic) bond motifs is 1. The molecule has 1 saturated heterocycles. The van der Waals surface area contributed by atoms with Crippen molar-refractivity contribution in [2.75, 3.05) is 0 Å². The topological polar surface area (TPSA) is 58.6 Å². The van der Waals surface area contributed by atoms with Gasteiger partial charge in [-0.2, -0.15) is 0 Å². The largest absolute Gasteiger partial charge is 0.507 e. The number of carboxylic acid groups (broad SMARTS) is 1. The van der Waals surface area contributed by atoms with E-state index in [4.69, 9.17) is 5.11 Å². The predicted molar refractivity (Wildman–Crippen MR) is 41.8 cm³/mol. The van der Waals surface area contributed by atoms with Gasteiger partial charge in [-0.15, -0.1) is 0 Å². The van der Waals surface area contributed by atoms with Gasteiger partial charge in [-0.25, -0.2) is 4.79 Å². The van der Waals surface area contributed by atoms with Crippen LogP contribution in [0.15, 0.2) is 0 Å². The van der Waals surface area contributed by atoms with Crippen LogP contribution >= 0.6 is 0 Å². The Morgan fingerprint density at radius 3 is 3.00 bits per heavy atom. The van der Waals surface area contributed by atoms with Gasteiger partial charge in [0.2, 0.25) is 0 Å². The molecule has 4 nitrogen and oxygen atoms in total. The van der Waals surface area contributed by atoms with Gasteiger partial charge in [0.25, 0.3) is 0 Å². The number of nitrogens with one attached hydrogen (secondary N) is 1. The van der Waals surface area contributed by atoms with Crippen molar-refractivity contribution in [2.24, 2.45) is 5.92 Å². The first-order valence-corrected chi connectivity index (χ1v) is 4.41. The molecule has 1 heterocycles. The molecule has 3 atom stereocenters. The first kappa shape index (κ1) is 7.86. The smallest absolute Gasteiger partial charge is 0.450 e. The third-order valence-electron chi connectivity index (χ3n) is 2.82. The molecule has 0 aromatic rings. The molecule has 1 unspecified atom stereocenters. The summed E-state index contributed by atoms with van der Waals surface area (Å²) in [6.45, 7) is 0. The molecule has 1 aliphatic carbocycles. The van der Waals surface area contributed by atoms with E-state index in [1.54, 1.807) is 0 Å². The second kappa shape index (κ2) is 2.94. The highest BCUT2D eigenvalue weighted by Gasteiger charge is 2.38. The highest BCUT2D eigenvalue weighted by Crippen LogP contribution is 2.34. The molecule has 4 heteroatoms. The first-order valence-electron chi connectivity index (χ1n) is 4.41. The van der Waals surface area contributed by atoms with E-state index in [2.05, 4.69) is 10.1 Å². The average molecular weight is 171 g/mol. The van der Waals surface area contributed by atoms with Crippen molar-refractivity contribution < 1.29 is 14.6 Å². The lowest BCUT2D eigenvalue weighted by atomic mass is 10.0. The van der Waals surface area contributed by atoms with Crippen LogP contribution in [0.4, 0.5) is 4.79 Å². The van der Waals surface area contributed by atoms with Crippen molar-refractivity contribution in [2.45, 2.75) is 38.0 Å². The molecule has 0 spiro atoms. The lowest BCUT2D eigenvalue weighted by molar-refractivity contribution is 0.0420. The zero-order chi connectivity index (χ0) is 8.55. The maximum absolute atomic E-state index is 10.2. The SMILES string of the molecule is O=C(O)OC1C[C@@H]2CCC[C@H]2N1. The Kier molecular flexibility index (Phi) is 1.92. The van der Waals surface area contributed by atoms with Gasteiger partial charge >= 0.3 is 6.16 Å². The fraction of sp³-hybridized carbons (Fsp3) is 0.875. The van der Waals surface area contributed by atoms with Crippen LogP contribution in [0, 0.1) is 5.92 Å². The van der Waals surface area contributed by atoms with Gasteiger partial charge in [-0.05, 0) is 18.8 Å². The van der Waals surface area contributed by atoms with E-state index in [0.29, 0.717) is 12.0 Å². The molecule has 0 aromatic heterocycles. The van der Waals surface area contributed by atoms with Crippen LogP contribution in [-0.2, 0) is 4.74 Å². The minimum Gasteiger partial charge on any atom is -0.450 e. The Balaban J connectivity index is 1.86. The van der Waals surface area contributed by atoms with E-state index < -0.39 is 6.16 Å². The second-order valence-corrected chi connectivity index (χ2v) is 3.57. The molecule has 0 amide bonds. The third kappa shape index (κ3) is 1.39. The third-order valence-corrected chi connectivity index (χ3v) is 2.82. The molecule has 2 N–H and O–H groups in total. The van der Waals surface area contributed by atoms with Gasteiger partial charge in [0.05, 0.1) is 0 Å². The maximum atomic E-state index is 10.2. The lowest BCUT2D eigenvalue weighted by Gasteiger charge is -2.10. The molecule has 2 rings (SSSR count). The zero-order valence-electron chi connectivity index (χ0n) is 6.82. The molecule has 0 radical (unpaired) electrons. The lowest BCUT2D eigenvalue weighted by Crippen LogP contribution is -2.32. The Hall–Kier alpha value is -0.770. The summed E-state index contributed by atoms with van der Waals surface area (Å²) in [6, 6.07) is 0.509. The van der Waals surface area contributed by atoms with Crippen LogP contribution in [-0.4, -0.2) is 23.5 Å². The number of hydrogen-bond acceptors (Lipinski definition) is 3. The van der Waals surface area contributed by atoms with E-state index in [1.807, 2.05) is 0 Å². The molecule has 12 heavy (non-hydrogen) atoms. The van der Waals surface area contributed by atoms with Crippen molar-refractivity contribution >= 4 is 6.16 Å². The molecular formula is C8H13NO3. The summed E-state index contributed by atoms with van der Waals surface area (Å²) in [6.07, 6.45) is 3.09. The second-order valence-electron chi connectivity index (χ2n) is 3.57. The molecule has 1 saturated carbocycles. The highest BCUT2D eigenvalue weighted by atomic mass is 16.7. The Bertz CT molecular complexity index is 183. The molecular weight excluding hydrogens is 158 g/mol. The summed E-state index contributed by atoms with van der Waals surface area (Å²) in [5, 5.41) is 11.6. The van der Waals surface area contributed by atoms with E-state index in [-0.39, 0.29) is 6.23 Å². The van der Waals surface area contributed by atoms with E-state index in [9.17, 15) is 4.79 Å². The fourth-order valence-electron chi connectivity index (χ4n) is 2.32. The van der Waals surface area contributed by atoms with Crippen molar-refractivity contribution in [1.82, 2.24) is 5.32 Å². The van der Waals surface area contributed by atoms with Crippen molar-refractivity contribution in [1.29, 1.82) is 0 Å². The van der Waals surface area contributed by atoms with E-state index >= 15 is 0 Å². The van der Waals surface area contributed by atoms with Crippen LogP contribution in [0.3, 0.4) is 0 Å². The van der Waals surface area contributed by atoms with Crippen LogP contribution in [0.2, 0.25) is 0 Å². The van der Waals surface area contributed by atoms with Gasteiger partial charge in [-0.3, -0.25) is 5.32 Å². The number of carbonyl (C=O) groups is 1. The molecule has 2 fully saturated rings. The van der Waals surface area contributed by atoms with Gasteiger partial charge in [0.1, 0.15) is 0 Å². The minimum absolute atomic E-state index is 0.252. The fourth-order valence-corrected chi connectivity index (χ4v) is 2.32. The summed E-state index contributed by atoms with van der Waals surface area (Å²) in [5.41, 5.74) is 0. The van der Waals surface area contributed by atoms with Gasteiger partial charge in [0, 0.05) is 12.5 Å². The van der Waals surface area contributed by atoms with Crippen LogP contribution in [0.5, 0.6) is 0 Å². The minimum atomic E-state index is -1.17. The number of hydrogen-bond donors (Lipinski definition) is 2. The number of rotatable bonds is 1. The van der Waals surface area contributed by atoms with E-state index in [0.717, 1.165) is 6.42 Å². The summed E-state index contributed by atoms with van der Waals surface area (Å²) >= 11 is 0. The molecule has 1 aliphatic heterocycles. The standard InChI is InChI=1S/C8H13NO3/c10-8(11)12-7-4-5-2-1-3-6(5)9-7/h5-7,9H,1-4H2,(H,10,11)/t5-,6+,7?/m0/s1. The van der Waals surface area contributed by atoms with Gasteiger partial charge < -0.3 is 9.84 Å². The molecule has 68 valence electrons. The Labute approximate surface area is 70.9 Å². The Morgan fingerprint density at radius 1 is 1.50 bits per heavy atom. The predicted octanol–water partition coefficient (Wildman–Crippen LogP) is 1.17. The highest BCUT2D eigenvalue weighted by molar-refractivity contribution is 5.57. The summed E-state index contributed by atoms with van der Waals surface area (Å²) in [7, 11) is 0. The van der Waals surface area contributed by atoms with Crippen LogP contribution in [0.25, 0.3) is 0 Å². The van der Waals surface area contributed by atoms with Gasteiger partial charge in [-0.1, -0.05) is 6.42 Å². The van der Waals surface area contributed by atoms with E-state index in [1.165, 1.54) is 19.3 Å². The van der Waals surface area contributed by atoms with Crippen LogP contribution < -0.4 is 5.32 Å². The normalized spacial score (nSPS) is 39.5. The molecule has 0 bridgehead atoms. The van der Waals surface area contributed by atoms with Crippen LogP contribution in [0.1, 0.15) is 25.7 Å². The first-order chi connectivity index (χ1) is 5.75. The monoisotopic (exact) mass is 171 g/mol. The maximum Gasteiger partial charge on any atom is 0.507 e. The molecule has 2 aliphatic rings. The van der Waals surface area contributed by atoms with Crippen molar-refractivity contribution in [3.63, 3.8) is 0 Å². The number of ether oxygens (including phenoxy) is 1. The van der Waals surface area contributed by atoms with Crippen molar-refractivity contribution in [3.05, 3.63) is 0 Å². The summed E-state index contributed by atoms with van der Waals surface area (Å²) in [5.74, 6) is 0.648. The Morgan fingerprint density at radius 2 is 2.33 bits per heavy atom. The summed E-state index contributed by atoms with van der Waals surface area (Å²) < 4.78 is 4.65.